The normalized spacial score (nSPS) is 9.31. The van der Waals surface area contributed by atoms with E-state index in [9.17, 15) is 4.79 Å². The second-order valence-electron chi connectivity index (χ2n) is 3.35. The zero-order chi connectivity index (χ0) is 12.4. The molecule has 0 spiro atoms. The van der Waals surface area contributed by atoms with E-state index in [0.717, 1.165) is 6.29 Å². The monoisotopic (exact) mass is 226 g/mol. The minimum Gasteiger partial charge on any atom is -0.491 e. The number of carbonyl (C=O) groups excluding carboxylic acids is 1. The van der Waals surface area contributed by atoms with E-state index in [1.165, 1.54) is 0 Å². The lowest BCUT2D eigenvalue weighted by atomic mass is 10.2. The van der Waals surface area contributed by atoms with Crippen LogP contribution in [0.5, 0.6) is 5.75 Å². The van der Waals surface area contributed by atoms with Crippen molar-refractivity contribution in [2.75, 3.05) is 13.2 Å². The standard InChI is InChI=1S/C9H10O3.C3H8O/c10-5-6-12-9-3-1-8(7-11)2-4-9;1-3(2)4/h1-4,7,10H,5-6H2;3-4H,1-2H3. The predicted octanol–water partition coefficient (Wildman–Crippen LogP) is 1.26. The molecule has 1 aromatic rings. The number of hydrogen-bond acceptors (Lipinski definition) is 4. The SMILES string of the molecule is CC(C)O.O=Cc1ccc(OCCO)cc1. The highest BCUT2D eigenvalue weighted by Crippen LogP contribution is 2.10. The van der Waals surface area contributed by atoms with E-state index < -0.39 is 0 Å². The molecule has 0 aliphatic heterocycles. The average Bonchev–Trinajstić information content (AvgIpc) is 2.26. The summed E-state index contributed by atoms with van der Waals surface area (Å²) in [5.74, 6) is 0.662. The lowest BCUT2D eigenvalue weighted by molar-refractivity contribution is 0.112. The van der Waals surface area contributed by atoms with Crippen molar-refractivity contribution in [2.24, 2.45) is 0 Å². The molecular formula is C12H18O4. The summed E-state index contributed by atoms with van der Waals surface area (Å²) in [4.78, 5) is 10.3. The summed E-state index contributed by atoms with van der Waals surface area (Å²) in [6, 6.07) is 6.72. The number of rotatable bonds is 4. The summed E-state index contributed by atoms with van der Waals surface area (Å²) in [6.07, 6.45) is 0.607. The Hall–Kier alpha value is -1.39. The zero-order valence-corrected chi connectivity index (χ0v) is 9.59. The number of aldehydes is 1. The third-order valence-corrected chi connectivity index (χ3v) is 1.38. The largest absolute Gasteiger partial charge is 0.491 e. The number of aliphatic hydroxyl groups is 2. The molecule has 90 valence electrons. The third kappa shape index (κ3) is 7.96. The first kappa shape index (κ1) is 14.6. The van der Waals surface area contributed by atoms with Crippen molar-refractivity contribution in [3.8, 4) is 5.75 Å². The Morgan fingerprint density at radius 1 is 1.31 bits per heavy atom. The fourth-order valence-corrected chi connectivity index (χ4v) is 0.806. The first-order valence-corrected chi connectivity index (χ1v) is 5.07. The fourth-order valence-electron chi connectivity index (χ4n) is 0.806. The highest BCUT2D eigenvalue weighted by molar-refractivity contribution is 5.74. The van der Waals surface area contributed by atoms with Crippen LogP contribution in [0.2, 0.25) is 0 Å². The van der Waals surface area contributed by atoms with E-state index in [-0.39, 0.29) is 19.3 Å². The fraction of sp³-hybridized carbons (Fsp3) is 0.417. The van der Waals surface area contributed by atoms with Gasteiger partial charge in [-0.05, 0) is 38.1 Å². The molecule has 0 heterocycles. The van der Waals surface area contributed by atoms with Crippen LogP contribution in [0.25, 0.3) is 0 Å². The zero-order valence-electron chi connectivity index (χ0n) is 9.59. The maximum atomic E-state index is 10.3. The highest BCUT2D eigenvalue weighted by atomic mass is 16.5. The molecule has 1 aromatic carbocycles. The number of ether oxygens (including phenoxy) is 1. The van der Waals surface area contributed by atoms with E-state index >= 15 is 0 Å². The topological polar surface area (TPSA) is 66.8 Å². The van der Waals surface area contributed by atoms with Gasteiger partial charge in [-0.25, -0.2) is 0 Å². The van der Waals surface area contributed by atoms with Crippen LogP contribution in [0.3, 0.4) is 0 Å². The van der Waals surface area contributed by atoms with Crippen LogP contribution in [0.1, 0.15) is 24.2 Å². The van der Waals surface area contributed by atoms with Gasteiger partial charge in [0, 0.05) is 11.7 Å². The van der Waals surface area contributed by atoms with Crippen molar-refractivity contribution in [2.45, 2.75) is 20.0 Å². The Bertz CT molecular complexity index is 277. The second-order valence-corrected chi connectivity index (χ2v) is 3.35. The van der Waals surface area contributed by atoms with Gasteiger partial charge in [0.2, 0.25) is 0 Å². The third-order valence-electron chi connectivity index (χ3n) is 1.38. The van der Waals surface area contributed by atoms with Crippen LogP contribution in [0, 0.1) is 0 Å². The summed E-state index contributed by atoms with van der Waals surface area (Å²) in [6.45, 7) is 3.72. The van der Waals surface area contributed by atoms with Crippen LogP contribution in [0.15, 0.2) is 24.3 Å². The quantitative estimate of drug-likeness (QED) is 0.758. The van der Waals surface area contributed by atoms with Crippen molar-refractivity contribution in [3.05, 3.63) is 29.8 Å². The van der Waals surface area contributed by atoms with Gasteiger partial charge in [-0.1, -0.05) is 0 Å². The molecule has 0 saturated heterocycles. The molecule has 0 aromatic heterocycles. The van der Waals surface area contributed by atoms with Gasteiger partial charge in [0.05, 0.1) is 6.61 Å². The second kappa shape index (κ2) is 8.88. The minimum atomic E-state index is -0.167. The van der Waals surface area contributed by atoms with Gasteiger partial charge in [0.15, 0.2) is 0 Å². The summed E-state index contributed by atoms with van der Waals surface area (Å²) in [7, 11) is 0. The van der Waals surface area contributed by atoms with Gasteiger partial charge >= 0.3 is 0 Å². The van der Waals surface area contributed by atoms with Crippen LogP contribution in [-0.2, 0) is 0 Å². The molecule has 0 aliphatic rings. The molecule has 0 bridgehead atoms. The van der Waals surface area contributed by atoms with Crippen molar-refractivity contribution in [3.63, 3.8) is 0 Å². The Balaban J connectivity index is 0.000000487. The van der Waals surface area contributed by atoms with Crippen LogP contribution in [-0.4, -0.2) is 35.8 Å². The minimum absolute atomic E-state index is 0.00453. The summed E-state index contributed by atoms with van der Waals surface area (Å²) in [5, 5.41) is 16.5. The first-order chi connectivity index (χ1) is 7.60. The van der Waals surface area contributed by atoms with Crippen LogP contribution in [0.4, 0.5) is 0 Å². The Morgan fingerprint density at radius 2 is 1.81 bits per heavy atom. The van der Waals surface area contributed by atoms with E-state index in [0.29, 0.717) is 11.3 Å². The maximum Gasteiger partial charge on any atom is 0.150 e. The summed E-state index contributed by atoms with van der Waals surface area (Å²) < 4.78 is 5.09. The Kier molecular flexibility index (Phi) is 8.11. The van der Waals surface area contributed by atoms with E-state index in [1.54, 1.807) is 38.1 Å². The highest BCUT2D eigenvalue weighted by Gasteiger charge is 1.92. The molecule has 0 amide bonds. The van der Waals surface area contributed by atoms with Crippen LogP contribution >= 0.6 is 0 Å². The molecule has 1 rings (SSSR count). The smallest absolute Gasteiger partial charge is 0.150 e. The molecule has 16 heavy (non-hydrogen) atoms. The Morgan fingerprint density at radius 3 is 2.19 bits per heavy atom. The average molecular weight is 226 g/mol. The first-order valence-electron chi connectivity index (χ1n) is 5.07. The summed E-state index contributed by atoms with van der Waals surface area (Å²) >= 11 is 0. The van der Waals surface area contributed by atoms with Gasteiger partial charge in [-0.15, -0.1) is 0 Å². The van der Waals surface area contributed by atoms with E-state index in [4.69, 9.17) is 14.9 Å². The maximum absolute atomic E-state index is 10.3. The molecule has 0 aliphatic carbocycles. The number of benzene rings is 1. The molecule has 0 unspecified atom stereocenters. The summed E-state index contributed by atoms with van der Waals surface area (Å²) in [5.41, 5.74) is 0.617. The number of aliphatic hydroxyl groups excluding tert-OH is 2. The molecule has 0 radical (unpaired) electrons. The molecule has 0 atom stereocenters. The molecule has 0 saturated carbocycles. The van der Waals surface area contributed by atoms with Crippen molar-refractivity contribution in [1.82, 2.24) is 0 Å². The van der Waals surface area contributed by atoms with Crippen molar-refractivity contribution in [1.29, 1.82) is 0 Å². The van der Waals surface area contributed by atoms with Gasteiger partial charge < -0.3 is 14.9 Å². The van der Waals surface area contributed by atoms with Crippen molar-refractivity contribution < 1.29 is 19.7 Å². The lowest BCUT2D eigenvalue weighted by Crippen LogP contribution is -2.01. The molecule has 4 heteroatoms. The van der Waals surface area contributed by atoms with E-state index in [2.05, 4.69) is 0 Å². The molecular weight excluding hydrogens is 208 g/mol. The molecule has 4 nitrogen and oxygen atoms in total. The van der Waals surface area contributed by atoms with Gasteiger partial charge in [0.25, 0.3) is 0 Å². The molecule has 2 N–H and O–H groups in total. The predicted molar refractivity (Wildman–Crippen MR) is 61.8 cm³/mol. The number of hydrogen-bond donors (Lipinski definition) is 2. The van der Waals surface area contributed by atoms with Gasteiger partial charge in [0.1, 0.15) is 18.6 Å². The van der Waals surface area contributed by atoms with Gasteiger partial charge in [-0.2, -0.15) is 0 Å². The number of carbonyl (C=O) groups is 1. The molecule has 0 fully saturated rings. The van der Waals surface area contributed by atoms with E-state index in [1.807, 2.05) is 0 Å². The van der Waals surface area contributed by atoms with Gasteiger partial charge in [-0.3, -0.25) is 4.79 Å². The Labute approximate surface area is 95.5 Å². The van der Waals surface area contributed by atoms with Crippen LogP contribution < -0.4 is 4.74 Å². The van der Waals surface area contributed by atoms with Crippen molar-refractivity contribution >= 4 is 6.29 Å². The lowest BCUT2D eigenvalue weighted by Gasteiger charge is -2.02.